The number of pyridine rings is 5. The van der Waals surface area contributed by atoms with Crippen LogP contribution >= 0.6 is 0 Å². The van der Waals surface area contributed by atoms with E-state index in [-0.39, 0.29) is 0 Å². The largest absolute Gasteiger partial charge is 0.205 e. The van der Waals surface area contributed by atoms with Crippen LogP contribution < -0.4 is 22.8 Å². The van der Waals surface area contributed by atoms with Gasteiger partial charge in [0, 0.05) is 90.3 Å². The van der Waals surface area contributed by atoms with Gasteiger partial charge in [0.05, 0.1) is 0 Å². The molecule has 80 heavy (non-hydrogen) atoms. The van der Waals surface area contributed by atoms with Gasteiger partial charge >= 0.3 is 0 Å². The second-order valence-corrected chi connectivity index (χ2v) is 23.3. The Hall–Kier alpha value is -5.55. The lowest BCUT2D eigenvalue weighted by atomic mass is 10.1. The normalized spacial score (nSPS) is 20.2. The summed E-state index contributed by atoms with van der Waals surface area (Å²) in [4.78, 5) is 0. The molecule has 6 rings (SSSR count). The molecule has 0 saturated heterocycles. The van der Waals surface area contributed by atoms with Crippen molar-refractivity contribution in [1.29, 1.82) is 0 Å². The summed E-state index contributed by atoms with van der Waals surface area (Å²) < 4.78 is 11.9. The van der Waals surface area contributed by atoms with Gasteiger partial charge < -0.3 is 0 Å². The van der Waals surface area contributed by atoms with Gasteiger partial charge in [-0.05, 0) is 159 Å². The molecule has 1 aliphatic rings. The Balaban J connectivity index is 0.860. The van der Waals surface area contributed by atoms with Crippen molar-refractivity contribution in [2.45, 2.75) is 257 Å². The van der Waals surface area contributed by atoms with Crippen LogP contribution in [0.15, 0.2) is 183 Å². The first-order valence-electron chi connectivity index (χ1n) is 32.9. The molecule has 5 heteroatoms. The van der Waals surface area contributed by atoms with Gasteiger partial charge in [0.15, 0.2) is 94.7 Å². The van der Waals surface area contributed by atoms with Gasteiger partial charge in [-0.1, -0.05) is 125 Å². The molecule has 0 atom stereocenters. The van der Waals surface area contributed by atoms with E-state index in [1.54, 1.807) is 0 Å². The van der Waals surface area contributed by atoms with Crippen molar-refractivity contribution in [3.8, 4) is 0 Å². The maximum Gasteiger partial charge on any atom is 0.171 e. The molecule has 0 spiro atoms. The van der Waals surface area contributed by atoms with Gasteiger partial charge in [0.1, 0.15) is 0 Å². The summed E-state index contributed by atoms with van der Waals surface area (Å²) in [7, 11) is 0. The molecule has 430 valence electrons. The molecule has 0 aliphatic carbocycles. The lowest BCUT2D eigenvalue weighted by molar-refractivity contribution is -0.696. The molecule has 5 aromatic rings. The number of hydrogen-bond donors (Lipinski definition) is 0. The molecule has 0 radical (unpaired) electrons. The monoisotopic (exact) mass is 1080 g/mol. The smallest absolute Gasteiger partial charge is 0.171 e. The Morgan fingerprint density at radius 1 is 0.188 bits per heavy atom. The van der Waals surface area contributed by atoms with Crippen LogP contribution in [0.25, 0.3) is 0 Å². The van der Waals surface area contributed by atoms with Gasteiger partial charge in [0.2, 0.25) is 0 Å². The molecular formula is C75H110N5+5. The van der Waals surface area contributed by atoms with Gasteiger partial charge in [-0.15, -0.1) is 0 Å². The third kappa shape index (κ3) is 30.9. The number of nitrogens with zero attached hydrogens (tertiary/aromatic N) is 5. The van der Waals surface area contributed by atoms with E-state index >= 15 is 0 Å². The van der Waals surface area contributed by atoms with Gasteiger partial charge in [-0.25, -0.2) is 22.8 Å². The zero-order valence-corrected chi connectivity index (χ0v) is 50.3. The minimum Gasteiger partial charge on any atom is -0.205 e. The summed E-state index contributed by atoms with van der Waals surface area (Å²) in [5.74, 6) is 0. The number of hydrogen-bond acceptors (Lipinski definition) is 0. The minimum absolute atomic E-state index is 1.07. The third-order valence-corrected chi connectivity index (χ3v) is 16.1. The van der Waals surface area contributed by atoms with Crippen LogP contribution in [0.1, 0.15) is 220 Å². The molecule has 0 aromatic carbocycles. The van der Waals surface area contributed by atoms with E-state index in [0.29, 0.717) is 0 Å². The SMILES string of the molecule is C1=C/CC[n+]2cccc(c2)CCCCCC/C=C/CC[n+]2cccc(c2)CCCCCC/C=C/CC[n+]2cccc(c2)CCCCCC/C=C/CC[n+]2cccc(c2)CCCCCC/C=C/CC[n+]2cccc(c2)CCCCCC/1. The van der Waals surface area contributed by atoms with Gasteiger partial charge in [0.25, 0.3) is 0 Å². The number of aromatic nitrogens is 5. The van der Waals surface area contributed by atoms with Crippen LogP contribution in [0.3, 0.4) is 0 Å². The molecule has 10 bridgehead atoms. The predicted molar refractivity (Wildman–Crippen MR) is 336 cm³/mol. The number of aryl methyl sites for hydroxylation is 10. The standard InChI is InChI=1S/C75H110N5/c1-6-16-26-36-56-76-61-42-52-72(67-76)47-32-22-12-3-8-18-28-38-58-78-63-44-54-74(69-78)49-34-24-14-5-10-20-30-40-60-80-65-45-55-75(70-80)50-35-25-15-4-9-19-29-39-59-79-64-43-53-73(68-79)48-33-23-13-2-7-17-27-37-57-77-62-41-51-71(66-77)46-31-21-11-1/h16-20,26-30,41-45,51-55,61-70H,1-15,21-25,31-40,46-50,56-60H2/q+5/b26-16+,27-17+,28-18+,29-19+,30-20+. The highest BCUT2D eigenvalue weighted by Crippen LogP contribution is 2.14. The van der Waals surface area contributed by atoms with Crippen molar-refractivity contribution in [2.75, 3.05) is 0 Å². The van der Waals surface area contributed by atoms with Crippen molar-refractivity contribution < 1.29 is 22.8 Å². The Kier molecular flexibility index (Phi) is 34.4. The number of fused-ring (bicyclic) bond motifs is 10. The second-order valence-electron chi connectivity index (χ2n) is 23.3. The quantitative estimate of drug-likeness (QED) is 0.109. The fourth-order valence-electron chi connectivity index (χ4n) is 11.3. The molecule has 0 fully saturated rings. The molecule has 0 amide bonds. The maximum absolute atomic E-state index is 2.42. The van der Waals surface area contributed by atoms with Crippen LogP contribution in [0.2, 0.25) is 0 Å². The molecule has 6 heterocycles. The van der Waals surface area contributed by atoms with E-state index in [9.17, 15) is 0 Å². The van der Waals surface area contributed by atoms with Crippen LogP contribution in [0.5, 0.6) is 0 Å². The fourth-order valence-corrected chi connectivity index (χ4v) is 11.3. The average Bonchev–Trinajstić information content (AvgIpc) is 3.48. The van der Waals surface area contributed by atoms with E-state index in [2.05, 4.69) is 206 Å². The van der Waals surface area contributed by atoms with Gasteiger partial charge in [-0.2, -0.15) is 0 Å². The minimum atomic E-state index is 1.07. The summed E-state index contributed by atoms with van der Waals surface area (Å²) in [5, 5.41) is 0. The highest BCUT2D eigenvalue weighted by atomic mass is 14.9. The Morgan fingerprint density at radius 2 is 0.362 bits per heavy atom. The first kappa shape index (κ1) is 63.6. The summed E-state index contributed by atoms with van der Waals surface area (Å²) in [5.41, 5.74) is 7.39. The Labute approximate surface area is 489 Å². The lowest BCUT2D eigenvalue weighted by Gasteiger charge is -2.02. The summed E-state index contributed by atoms with van der Waals surface area (Å²) >= 11 is 0. The van der Waals surface area contributed by atoms with Crippen molar-refractivity contribution in [1.82, 2.24) is 0 Å². The fraction of sp³-hybridized carbons (Fsp3) is 0.533. The first-order valence-corrected chi connectivity index (χ1v) is 32.9. The topological polar surface area (TPSA) is 19.4 Å². The molecule has 0 unspecified atom stereocenters. The zero-order chi connectivity index (χ0) is 55.3. The van der Waals surface area contributed by atoms with E-state index < -0.39 is 0 Å². The van der Waals surface area contributed by atoms with E-state index in [4.69, 9.17) is 0 Å². The molecule has 0 saturated carbocycles. The molecular weight excluding hydrogens is 971 g/mol. The second kappa shape index (κ2) is 43.2. The van der Waals surface area contributed by atoms with Crippen molar-refractivity contribution >= 4 is 0 Å². The predicted octanol–water partition coefficient (Wildman–Crippen LogP) is 17.1. The summed E-state index contributed by atoms with van der Waals surface area (Å²) in [6.45, 7) is 5.34. The number of rotatable bonds is 0. The molecule has 0 N–H and O–H groups in total. The van der Waals surface area contributed by atoms with Crippen LogP contribution in [-0.4, -0.2) is 0 Å². The van der Waals surface area contributed by atoms with Crippen molar-refractivity contribution in [3.05, 3.63) is 211 Å². The lowest BCUT2D eigenvalue weighted by Crippen LogP contribution is -2.32. The van der Waals surface area contributed by atoms with E-state index in [1.165, 1.54) is 220 Å². The van der Waals surface area contributed by atoms with Crippen molar-refractivity contribution in [3.63, 3.8) is 0 Å². The Bertz CT molecular complexity index is 2110. The van der Waals surface area contributed by atoms with E-state index in [1.807, 2.05) is 0 Å². The molecule has 5 aromatic heterocycles. The molecule has 1 aliphatic heterocycles. The summed E-state index contributed by atoms with van der Waals surface area (Å²) in [6, 6.07) is 22.8. The van der Waals surface area contributed by atoms with Crippen LogP contribution in [0, 0.1) is 0 Å². The third-order valence-electron chi connectivity index (χ3n) is 16.1. The zero-order valence-electron chi connectivity index (χ0n) is 50.3. The van der Waals surface area contributed by atoms with Crippen molar-refractivity contribution in [2.24, 2.45) is 0 Å². The molecule has 5 nitrogen and oxygen atoms in total. The summed E-state index contributed by atoms with van der Waals surface area (Å²) in [6.07, 6.45) is 90.9. The van der Waals surface area contributed by atoms with E-state index in [0.717, 1.165) is 64.8 Å². The van der Waals surface area contributed by atoms with Crippen LogP contribution in [0.4, 0.5) is 0 Å². The highest BCUT2D eigenvalue weighted by molar-refractivity contribution is 5.08. The number of allylic oxidation sites excluding steroid dienone is 10. The average molecular weight is 1080 g/mol. The van der Waals surface area contributed by atoms with Gasteiger partial charge in [-0.3, -0.25) is 0 Å². The maximum atomic E-state index is 2.42. The van der Waals surface area contributed by atoms with Crippen LogP contribution in [-0.2, 0) is 64.8 Å². The highest BCUT2D eigenvalue weighted by Gasteiger charge is 2.08. The first-order chi connectivity index (χ1) is 39.7. The Morgan fingerprint density at radius 3 is 0.562 bits per heavy atom.